The molecule has 2 nitrogen and oxygen atoms in total. The van der Waals surface area contributed by atoms with E-state index in [-0.39, 0.29) is 0 Å². The molecule has 2 heteroatoms. The predicted molar refractivity (Wildman–Crippen MR) is 73.0 cm³/mol. The summed E-state index contributed by atoms with van der Waals surface area (Å²) in [5.41, 5.74) is 0. The lowest BCUT2D eigenvalue weighted by Crippen LogP contribution is -2.38. The molecule has 0 N–H and O–H groups in total. The van der Waals surface area contributed by atoms with Crippen LogP contribution in [0.4, 0.5) is 0 Å². The van der Waals surface area contributed by atoms with Crippen molar-refractivity contribution in [3.63, 3.8) is 0 Å². The van der Waals surface area contributed by atoms with Gasteiger partial charge in [-0.15, -0.1) is 0 Å². The molecule has 1 saturated heterocycles. The van der Waals surface area contributed by atoms with Crippen LogP contribution in [0.15, 0.2) is 0 Å². The standard InChI is InChI=1S/C15H29NO/c1-3-5-6-7-8-9-15(17)16-12-10-14(4-2)11-13-16/h14H,3-13H2,1-2H3. The molecule has 0 aliphatic carbocycles. The number of hydrogen-bond acceptors (Lipinski definition) is 1. The third kappa shape index (κ3) is 5.56. The summed E-state index contributed by atoms with van der Waals surface area (Å²) in [4.78, 5) is 14.0. The van der Waals surface area contributed by atoms with Gasteiger partial charge in [0.25, 0.3) is 0 Å². The van der Waals surface area contributed by atoms with Gasteiger partial charge in [-0.1, -0.05) is 46.0 Å². The number of carbonyl (C=O) groups is 1. The summed E-state index contributed by atoms with van der Waals surface area (Å²) in [5.74, 6) is 1.26. The van der Waals surface area contributed by atoms with Gasteiger partial charge in [0.1, 0.15) is 0 Å². The largest absolute Gasteiger partial charge is 0.343 e. The molecule has 0 saturated carbocycles. The van der Waals surface area contributed by atoms with E-state index in [1.807, 2.05) is 0 Å². The maximum Gasteiger partial charge on any atom is 0.222 e. The van der Waals surface area contributed by atoms with Crippen molar-refractivity contribution in [2.24, 2.45) is 5.92 Å². The molecule has 17 heavy (non-hydrogen) atoms. The van der Waals surface area contributed by atoms with Gasteiger partial charge >= 0.3 is 0 Å². The maximum atomic E-state index is 12.0. The molecule has 100 valence electrons. The zero-order valence-corrected chi connectivity index (χ0v) is 11.7. The molecule has 0 atom stereocenters. The van der Waals surface area contributed by atoms with Gasteiger partial charge < -0.3 is 4.90 Å². The summed E-state index contributed by atoms with van der Waals surface area (Å²) in [6, 6.07) is 0. The normalized spacial score (nSPS) is 17.4. The number of likely N-dealkylation sites (tertiary alicyclic amines) is 1. The Bertz CT molecular complexity index is 207. The summed E-state index contributed by atoms with van der Waals surface area (Å²) in [6.45, 7) is 6.50. The highest BCUT2D eigenvalue weighted by molar-refractivity contribution is 5.76. The lowest BCUT2D eigenvalue weighted by atomic mass is 9.94. The van der Waals surface area contributed by atoms with Crippen LogP contribution < -0.4 is 0 Å². The van der Waals surface area contributed by atoms with Crippen LogP contribution in [0, 0.1) is 5.92 Å². The van der Waals surface area contributed by atoms with Crippen LogP contribution in [-0.4, -0.2) is 23.9 Å². The maximum absolute atomic E-state index is 12.0. The van der Waals surface area contributed by atoms with E-state index in [9.17, 15) is 4.79 Å². The minimum absolute atomic E-state index is 0.399. The lowest BCUT2D eigenvalue weighted by Gasteiger charge is -2.31. The van der Waals surface area contributed by atoms with Crippen molar-refractivity contribution in [1.82, 2.24) is 4.90 Å². The van der Waals surface area contributed by atoms with Crippen LogP contribution in [0.3, 0.4) is 0 Å². The summed E-state index contributed by atoms with van der Waals surface area (Å²) in [5, 5.41) is 0. The van der Waals surface area contributed by atoms with Crippen molar-refractivity contribution >= 4 is 5.91 Å². The Labute approximate surface area is 107 Å². The second-order valence-corrected chi connectivity index (χ2v) is 5.40. The van der Waals surface area contributed by atoms with E-state index in [1.54, 1.807) is 0 Å². The van der Waals surface area contributed by atoms with Gasteiger partial charge in [-0.25, -0.2) is 0 Å². The fraction of sp³-hybridized carbons (Fsp3) is 0.933. The minimum Gasteiger partial charge on any atom is -0.343 e. The molecule has 0 aromatic carbocycles. The van der Waals surface area contributed by atoms with E-state index >= 15 is 0 Å². The van der Waals surface area contributed by atoms with Crippen LogP contribution >= 0.6 is 0 Å². The zero-order valence-electron chi connectivity index (χ0n) is 11.7. The van der Waals surface area contributed by atoms with Crippen LogP contribution in [0.5, 0.6) is 0 Å². The number of rotatable bonds is 7. The highest BCUT2D eigenvalue weighted by Gasteiger charge is 2.20. The van der Waals surface area contributed by atoms with Crippen molar-refractivity contribution in [2.45, 2.75) is 71.6 Å². The molecular weight excluding hydrogens is 210 g/mol. The third-order valence-electron chi connectivity index (χ3n) is 4.04. The molecule has 0 aromatic heterocycles. The first-order chi connectivity index (χ1) is 8.27. The van der Waals surface area contributed by atoms with Crippen molar-refractivity contribution < 1.29 is 4.79 Å². The number of piperidine rings is 1. The van der Waals surface area contributed by atoms with Crippen LogP contribution in [0.2, 0.25) is 0 Å². The number of carbonyl (C=O) groups excluding carboxylic acids is 1. The topological polar surface area (TPSA) is 20.3 Å². The molecule has 1 amide bonds. The molecule has 0 radical (unpaired) electrons. The molecule has 1 aliphatic rings. The first-order valence-electron chi connectivity index (χ1n) is 7.55. The lowest BCUT2D eigenvalue weighted by molar-refractivity contribution is -0.132. The van der Waals surface area contributed by atoms with Crippen molar-refractivity contribution in [3.8, 4) is 0 Å². The Kier molecular flexibility index (Phi) is 7.30. The molecule has 1 rings (SSSR count). The van der Waals surface area contributed by atoms with Crippen LogP contribution in [0.1, 0.15) is 71.6 Å². The third-order valence-corrected chi connectivity index (χ3v) is 4.04. The molecule has 0 bridgehead atoms. The fourth-order valence-corrected chi connectivity index (χ4v) is 2.63. The second kappa shape index (κ2) is 8.54. The summed E-state index contributed by atoms with van der Waals surface area (Å²) in [6.07, 6.45) is 10.7. The van der Waals surface area contributed by atoms with Crippen molar-refractivity contribution in [2.75, 3.05) is 13.1 Å². The molecular formula is C15H29NO. The first kappa shape index (κ1) is 14.5. The van der Waals surface area contributed by atoms with Gasteiger partial charge in [-0.3, -0.25) is 4.79 Å². The number of unbranched alkanes of at least 4 members (excludes halogenated alkanes) is 4. The Balaban J connectivity index is 2.08. The minimum atomic E-state index is 0.399. The van der Waals surface area contributed by atoms with Gasteiger partial charge in [-0.2, -0.15) is 0 Å². The zero-order chi connectivity index (χ0) is 12.5. The fourth-order valence-electron chi connectivity index (χ4n) is 2.63. The second-order valence-electron chi connectivity index (χ2n) is 5.40. The smallest absolute Gasteiger partial charge is 0.222 e. The Hall–Kier alpha value is -0.530. The molecule has 0 unspecified atom stereocenters. The van der Waals surface area contributed by atoms with Gasteiger partial charge in [0.15, 0.2) is 0 Å². The Morgan fingerprint density at radius 1 is 1.06 bits per heavy atom. The average Bonchev–Trinajstić information content (AvgIpc) is 2.38. The Morgan fingerprint density at radius 2 is 1.71 bits per heavy atom. The summed E-state index contributed by atoms with van der Waals surface area (Å²) in [7, 11) is 0. The molecule has 1 fully saturated rings. The number of hydrogen-bond donors (Lipinski definition) is 0. The van der Waals surface area contributed by atoms with E-state index in [0.717, 1.165) is 31.8 Å². The van der Waals surface area contributed by atoms with Crippen molar-refractivity contribution in [3.05, 3.63) is 0 Å². The molecule has 0 spiro atoms. The Morgan fingerprint density at radius 3 is 2.29 bits per heavy atom. The monoisotopic (exact) mass is 239 g/mol. The first-order valence-corrected chi connectivity index (χ1v) is 7.55. The quantitative estimate of drug-likeness (QED) is 0.615. The SMILES string of the molecule is CCCCCCCC(=O)N1CCC(CC)CC1. The van der Waals surface area contributed by atoms with E-state index < -0.39 is 0 Å². The van der Waals surface area contributed by atoms with Crippen molar-refractivity contribution in [1.29, 1.82) is 0 Å². The van der Waals surface area contributed by atoms with Gasteiger partial charge in [-0.05, 0) is 25.2 Å². The van der Waals surface area contributed by atoms with Gasteiger partial charge in [0.2, 0.25) is 5.91 Å². The summed E-state index contributed by atoms with van der Waals surface area (Å²) >= 11 is 0. The summed E-state index contributed by atoms with van der Waals surface area (Å²) < 4.78 is 0. The van der Waals surface area contributed by atoms with E-state index in [0.29, 0.717) is 5.91 Å². The predicted octanol–water partition coefficient (Wildman–Crippen LogP) is 4.00. The average molecular weight is 239 g/mol. The van der Waals surface area contributed by atoms with Gasteiger partial charge in [0, 0.05) is 19.5 Å². The number of amides is 1. The van der Waals surface area contributed by atoms with E-state index in [1.165, 1.54) is 44.9 Å². The van der Waals surface area contributed by atoms with Gasteiger partial charge in [0.05, 0.1) is 0 Å². The molecule has 0 aromatic rings. The van der Waals surface area contributed by atoms with E-state index in [2.05, 4.69) is 18.7 Å². The van der Waals surface area contributed by atoms with Crippen LogP contribution in [-0.2, 0) is 4.79 Å². The number of nitrogens with zero attached hydrogens (tertiary/aromatic N) is 1. The molecule has 1 aliphatic heterocycles. The molecule has 1 heterocycles. The van der Waals surface area contributed by atoms with E-state index in [4.69, 9.17) is 0 Å². The van der Waals surface area contributed by atoms with Crippen LogP contribution in [0.25, 0.3) is 0 Å². The highest BCUT2D eigenvalue weighted by atomic mass is 16.2. The highest BCUT2D eigenvalue weighted by Crippen LogP contribution is 2.20.